The van der Waals surface area contributed by atoms with E-state index < -0.39 is 17.9 Å². The minimum atomic E-state index is -1.30. The summed E-state index contributed by atoms with van der Waals surface area (Å²) in [6.07, 6.45) is 0. The van der Waals surface area contributed by atoms with Gasteiger partial charge in [0.05, 0.1) is 17.0 Å². The van der Waals surface area contributed by atoms with Crippen LogP contribution in [0.25, 0.3) is 0 Å². The second-order valence-electron chi connectivity index (χ2n) is 3.60. The standard InChI is InChI=1S/C11H15ClN2O3S/c1-3-17-11(16)9(13)10(15)14-6(2)7-4-5-8(12)18-7/h4-6,9H,3,13H2,1-2H3,(H,14,15). The molecule has 0 saturated carbocycles. The molecule has 0 bridgehead atoms. The third kappa shape index (κ3) is 3.97. The van der Waals surface area contributed by atoms with Gasteiger partial charge in [0.2, 0.25) is 5.91 Å². The lowest BCUT2D eigenvalue weighted by Crippen LogP contribution is -2.47. The fourth-order valence-corrected chi connectivity index (χ4v) is 2.34. The average Bonchev–Trinajstić information content (AvgIpc) is 2.75. The first-order valence-corrected chi connectivity index (χ1v) is 6.63. The SMILES string of the molecule is CCOC(=O)C(N)C(=O)NC(C)c1ccc(Cl)s1. The van der Waals surface area contributed by atoms with Crippen molar-refractivity contribution in [2.45, 2.75) is 25.9 Å². The summed E-state index contributed by atoms with van der Waals surface area (Å²) in [4.78, 5) is 23.9. The molecule has 1 amide bonds. The highest BCUT2D eigenvalue weighted by atomic mass is 35.5. The average molecular weight is 291 g/mol. The van der Waals surface area contributed by atoms with E-state index in [1.807, 2.05) is 6.07 Å². The van der Waals surface area contributed by atoms with Gasteiger partial charge in [-0.1, -0.05) is 11.6 Å². The number of rotatable bonds is 5. The summed E-state index contributed by atoms with van der Waals surface area (Å²) in [7, 11) is 0. The van der Waals surface area contributed by atoms with Gasteiger partial charge in [0, 0.05) is 4.88 Å². The number of amides is 1. The minimum absolute atomic E-state index is 0.190. The summed E-state index contributed by atoms with van der Waals surface area (Å²) >= 11 is 7.16. The predicted octanol–water partition coefficient (Wildman–Crippen LogP) is 1.47. The molecule has 7 heteroatoms. The summed E-state index contributed by atoms with van der Waals surface area (Å²) in [6.45, 7) is 3.63. The first kappa shape index (κ1) is 14.9. The van der Waals surface area contributed by atoms with E-state index >= 15 is 0 Å². The van der Waals surface area contributed by atoms with Crippen molar-refractivity contribution in [1.82, 2.24) is 5.32 Å². The van der Waals surface area contributed by atoms with Gasteiger partial charge in [-0.15, -0.1) is 11.3 Å². The number of ether oxygens (including phenoxy) is 1. The molecule has 0 saturated heterocycles. The number of hydrogen-bond donors (Lipinski definition) is 2. The molecule has 0 aliphatic carbocycles. The second-order valence-corrected chi connectivity index (χ2v) is 5.35. The number of esters is 1. The lowest BCUT2D eigenvalue weighted by molar-refractivity contribution is -0.148. The Bertz CT molecular complexity index is 436. The van der Waals surface area contributed by atoms with Crippen LogP contribution in [0.2, 0.25) is 4.34 Å². The summed E-state index contributed by atoms with van der Waals surface area (Å²) in [5.41, 5.74) is 5.47. The third-order valence-corrected chi connectivity index (χ3v) is 3.62. The molecular formula is C11H15ClN2O3S. The van der Waals surface area contributed by atoms with E-state index in [9.17, 15) is 9.59 Å². The molecule has 0 radical (unpaired) electrons. The van der Waals surface area contributed by atoms with E-state index in [0.717, 1.165) is 4.88 Å². The molecule has 1 heterocycles. The smallest absolute Gasteiger partial charge is 0.332 e. The van der Waals surface area contributed by atoms with Crippen molar-refractivity contribution in [2.75, 3.05) is 6.61 Å². The summed E-state index contributed by atoms with van der Waals surface area (Å²) < 4.78 is 5.31. The van der Waals surface area contributed by atoms with Gasteiger partial charge in [0.1, 0.15) is 0 Å². The van der Waals surface area contributed by atoms with Crippen molar-refractivity contribution >= 4 is 34.8 Å². The Labute approximate surface area is 114 Å². The van der Waals surface area contributed by atoms with Gasteiger partial charge in [-0.2, -0.15) is 0 Å². The molecule has 2 unspecified atom stereocenters. The van der Waals surface area contributed by atoms with Crippen molar-refractivity contribution in [1.29, 1.82) is 0 Å². The van der Waals surface area contributed by atoms with Gasteiger partial charge in [0.15, 0.2) is 6.04 Å². The Morgan fingerprint density at radius 2 is 2.22 bits per heavy atom. The highest BCUT2D eigenvalue weighted by Crippen LogP contribution is 2.26. The Morgan fingerprint density at radius 3 is 2.72 bits per heavy atom. The number of halogens is 1. The van der Waals surface area contributed by atoms with E-state index in [1.165, 1.54) is 11.3 Å². The zero-order valence-corrected chi connectivity index (χ0v) is 11.7. The van der Waals surface area contributed by atoms with Gasteiger partial charge in [0.25, 0.3) is 0 Å². The van der Waals surface area contributed by atoms with Crippen LogP contribution < -0.4 is 11.1 Å². The molecule has 3 N–H and O–H groups in total. The van der Waals surface area contributed by atoms with Crippen LogP contribution in [0.5, 0.6) is 0 Å². The first-order chi connectivity index (χ1) is 8.45. The summed E-state index contributed by atoms with van der Waals surface area (Å²) in [5, 5.41) is 2.64. The van der Waals surface area contributed by atoms with Gasteiger partial charge >= 0.3 is 5.97 Å². The fourth-order valence-electron chi connectivity index (χ4n) is 1.27. The van der Waals surface area contributed by atoms with Crippen molar-refractivity contribution in [3.8, 4) is 0 Å². The van der Waals surface area contributed by atoms with Gasteiger partial charge in [-0.3, -0.25) is 4.79 Å². The van der Waals surface area contributed by atoms with Crippen LogP contribution in [0.15, 0.2) is 12.1 Å². The fraction of sp³-hybridized carbons (Fsp3) is 0.455. The Morgan fingerprint density at radius 1 is 1.56 bits per heavy atom. The second kappa shape index (κ2) is 6.72. The van der Waals surface area contributed by atoms with Crippen LogP contribution in [0.3, 0.4) is 0 Å². The molecular weight excluding hydrogens is 276 g/mol. The van der Waals surface area contributed by atoms with Crippen LogP contribution >= 0.6 is 22.9 Å². The molecule has 100 valence electrons. The number of carbonyl (C=O) groups excluding carboxylic acids is 2. The lowest BCUT2D eigenvalue weighted by Gasteiger charge is -2.15. The maximum Gasteiger partial charge on any atom is 0.332 e. The maximum atomic E-state index is 11.7. The quantitative estimate of drug-likeness (QED) is 0.635. The predicted molar refractivity (Wildman–Crippen MR) is 70.5 cm³/mol. The molecule has 0 aromatic carbocycles. The normalized spacial score (nSPS) is 13.8. The van der Waals surface area contributed by atoms with E-state index in [1.54, 1.807) is 19.9 Å². The van der Waals surface area contributed by atoms with E-state index in [-0.39, 0.29) is 12.6 Å². The molecule has 0 aliphatic rings. The van der Waals surface area contributed by atoms with Crippen molar-refractivity contribution < 1.29 is 14.3 Å². The number of hydrogen-bond acceptors (Lipinski definition) is 5. The van der Waals surface area contributed by atoms with Gasteiger partial charge in [-0.05, 0) is 26.0 Å². The topological polar surface area (TPSA) is 81.4 Å². The number of thiophene rings is 1. The maximum absolute atomic E-state index is 11.7. The minimum Gasteiger partial charge on any atom is -0.464 e. The molecule has 0 spiro atoms. The zero-order valence-electron chi connectivity index (χ0n) is 10.1. The molecule has 1 rings (SSSR count). The molecule has 2 atom stereocenters. The van der Waals surface area contributed by atoms with Crippen LogP contribution in [0, 0.1) is 0 Å². The molecule has 5 nitrogen and oxygen atoms in total. The Balaban J connectivity index is 2.56. The molecule has 1 aromatic rings. The molecule has 18 heavy (non-hydrogen) atoms. The van der Waals surface area contributed by atoms with Crippen LogP contribution in [-0.4, -0.2) is 24.5 Å². The first-order valence-electron chi connectivity index (χ1n) is 5.43. The summed E-state index contributed by atoms with van der Waals surface area (Å²) in [5.74, 6) is -1.29. The van der Waals surface area contributed by atoms with Crippen molar-refractivity contribution in [3.63, 3.8) is 0 Å². The Hall–Kier alpha value is -1.11. The van der Waals surface area contributed by atoms with Crippen LogP contribution in [0.1, 0.15) is 24.8 Å². The van der Waals surface area contributed by atoms with Gasteiger partial charge in [-0.25, -0.2) is 4.79 Å². The van der Waals surface area contributed by atoms with E-state index in [2.05, 4.69) is 10.1 Å². The highest BCUT2D eigenvalue weighted by Gasteiger charge is 2.25. The van der Waals surface area contributed by atoms with Gasteiger partial charge < -0.3 is 15.8 Å². The number of carbonyl (C=O) groups is 2. The summed E-state index contributed by atoms with van der Waals surface area (Å²) in [6, 6.07) is 2.00. The largest absolute Gasteiger partial charge is 0.464 e. The van der Waals surface area contributed by atoms with Crippen molar-refractivity contribution in [3.05, 3.63) is 21.3 Å². The monoisotopic (exact) mass is 290 g/mol. The van der Waals surface area contributed by atoms with E-state index in [0.29, 0.717) is 4.34 Å². The lowest BCUT2D eigenvalue weighted by atomic mass is 10.2. The zero-order chi connectivity index (χ0) is 13.7. The highest BCUT2D eigenvalue weighted by molar-refractivity contribution is 7.16. The number of nitrogens with two attached hydrogens (primary N) is 1. The Kier molecular flexibility index (Phi) is 5.58. The van der Waals surface area contributed by atoms with Crippen LogP contribution in [0.4, 0.5) is 0 Å². The molecule has 0 aliphatic heterocycles. The van der Waals surface area contributed by atoms with Crippen molar-refractivity contribution in [2.24, 2.45) is 5.73 Å². The number of nitrogens with one attached hydrogen (secondary N) is 1. The van der Waals surface area contributed by atoms with Crippen LogP contribution in [-0.2, 0) is 14.3 Å². The molecule has 1 aromatic heterocycles. The third-order valence-electron chi connectivity index (χ3n) is 2.20. The molecule has 0 fully saturated rings. The van der Waals surface area contributed by atoms with E-state index in [4.69, 9.17) is 17.3 Å².